The highest BCUT2D eigenvalue weighted by atomic mass is 16.4. The van der Waals surface area contributed by atoms with Crippen molar-refractivity contribution in [3.63, 3.8) is 0 Å². The number of carboxylic acids is 1. The van der Waals surface area contributed by atoms with Gasteiger partial charge in [0.25, 0.3) is 0 Å². The molecule has 98 valence electrons. The minimum Gasteiger partial charge on any atom is -0.480 e. The number of aliphatic carboxylic acids is 1. The van der Waals surface area contributed by atoms with Crippen LogP contribution < -0.4 is 5.32 Å². The SMILES string of the molecule is CCC[C@@H](NC(=O)N(C)C1CCCC1)C(=O)O. The summed E-state index contributed by atoms with van der Waals surface area (Å²) in [6.45, 7) is 1.91. The Morgan fingerprint density at radius 2 is 2.00 bits per heavy atom. The monoisotopic (exact) mass is 242 g/mol. The fraction of sp³-hybridized carbons (Fsp3) is 0.833. The lowest BCUT2D eigenvalue weighted by molar-refractivity contribution is -0.139. The minimum atomic E-state index is -0.958. The van der Waals surface area contributed by atoms with Crippen LogP contribution in [0.15, 0.2) is 0 Å². The van der Waals surface area contributed by atoms with Crippen LogP contribution in [0.3, 0.4) is 0 Å². The third-order valence-electron chi connectivity index (χ3n) is 3.37. The molecular formula is C12H22N2O3. The van der Waals surface area contributed by atoms with Crippen molar-refractivity contribution >= 4 is 12.0 Å². The molecule has 0 saturated heterocycles. The van der Waals surface area contributed by atoms with E-state index >= 15 is 0 Å². The molecule has 1 aliphatic carbocycles. The van der Waals surface area contributed by atoms with E-state index in [1.807, 2.05) is 6.92 Å². The van der Waals surface area contributed by atoms with Gasteiger partial charge in [-0.1, -0.05) is 26.2 Å². The summed E-state index contributed by atoms with van der Waals surface area (Å²) < 4.78 is 0. The van der Waals surface area contributed by atoms with Gasteiger partial charge in [0.2, 0.25) is 0 Å². The van der Waals surface area contributed by atoms with Crippen molar-refractivity contribution in [3.8, 4) is 0 Å². The molecule has 0 heterocycles. The molecule has 2 amide bonds. The quantitative estimate of drug-likeness (QED) is 0.772. The molecule has 0 aromatic heterocycles. The molecule has 0 bridgehead atoms. The van der Waals surface area contributed by atoms with Crippen LogP contribution in [-0.4, -0.2) is 41.1 Å². The van der Waals surface area contributed by atoms with Crippen molar-refractivity contribution in [3.05, 3.63) is 0 Å². The summed E-state index contributed by atoms with van der Waals surface area (Å²) in [5.74, 6) is -0.958. The molecule has 1 rings (SSSR count). The van der Waals surface area contributed by atoms with Gasteiger partial charge in [-0.2, -0.15) is 0 Å². The van der Waals surface area contributed by atoms with Crippen LogP contribution in [0, 0.1) is 0 Å². The predicted octanol–water partition coefficient (Wildman–Crippen LogP) is 1.82. The summed E-state index contributed by atoms with van der Waals surface area (Å²) in [4.78, 5) is 24.5. The molecule has 0 aromatic rings. The Balaban J connectivity index is 2.47. The van der Waals surface area contributed by atoms with Crippen LogP contribution in [0.25, 0.3) is 0 Å². The third-order valence-corrected chi connectivity index (χ3v) is 3.37. The van der Waals surface area contributed by atoms with Gasteiger partial charge in [-0.25, -0.2) is 9.59 Å². The number of nitrogens with one attached hydrogen (secondary N) is 1. The van der Waals surface area contributed by atoms with Crippen molar-refractivity contribution in [2.24, 2.45) is 0 Å². The summed E-state index contributed by atoms with van der Waals surface area (Å²) >= 11 is 0. The van der Waals surface area contributed by atoms with E-state index in [-0.39, 0.29) is 12.1 Å². The van der Waals surface area contributed by atoms with Gasteiger partial charge in [-0.3, -0.25) is 0 Å². The van der Waals surface area contributed by atoms with Crippen LogP contribution >= 0.6 is 0 Å². The Kier molecular flexibility index (Phi) is 5.25. The highest BCUT2D eigenvalue weighted by Crippen LogP contribution is 2.22. The number of carbonyl (C=O) groups is 2. The Morgan fingerprint density at radius 3 is 2.47 bits per heavy atom. The standard InChI is InChI=1S/C12H22N2O3/c1-3-6-10(11(15)16)13-12(17)14(2)9-7-4-5-8-9/h9-10H,3-8H2,1-2H3,(H,13,17)(H,15,16)/t10-/m1/s1. The third kappa shape index (κ3) is 3.91. The fourth-order valence-corrected chi connectivity index (χ4v) is 2.25. The van der Waals surface area contributed by atoms with E-state index in [2.05, 4.69) is 5.32 Å². The number of carboxylic acid groups (broad SMARTS) is 1. The Morgan fingerprint density at radius 1 is 1.41 bits per heavy atom. The first-order valence-electron chi connectivity index (χ1n) is 6.32. The lowest BCUT2D eigenvalue weighted by Gasteiger charge is -2.26. The molecular weight excluding hydrogens is 220 g/mol. The molecule has 5 heteroatoms. The van der Waals surface area contributed by atoms with E-state index in [4.69, 9.17) is 5.11 Å². The Hall–Kier alpha value is -1.26. The average Bonchev–Trinajstić information content (AvgIpc) is 2.80. The van der Waals surface area contributed by atoms with Gasteiger partial charge in [0.15, 0.2) is 0 Å². The smallest absolute Gasteiger partial charge is 0.326 e. The maximum absolute atomic E-state index is 11.9. The molecule has 2 N–H and O–H groups in total. The second-order valence-electron chi connectivity index (χ2n) is 4.68. The number of urea groups is 1. The summed E-state index contributed by atoms with van der Waals surface area (Å²) in [6.07, 6.45) is 5.56. The van der Waals surface area contributed by atoms with E-state index < -0.39 is 12.0 Å². The van der Waals surface area contributed by atoms with E-state index in [1.54, 1.807) is 11.9 Å². The summed E-state index contributed by atoms with van der Waals surface area (Å²) in [5, 5.41) is 11.5. The molecule has 1 fully saturated rings. The predicted molar refractivity (Wildman–Crippen MR) is 64.9 cm³/mol. The molecule has 0 aromatic carbocycles. The van der Waals surface area contributed by atoms with E-state index in [0.29, 0.717) is 6.42 Å². The highest BCUT2D eigenvalue weighted by Gasteiger charge is 2.26. The van der Waals surface area contributed by atoms with E-state index in [0.717, 1.165) is 32.1 Å². The van der Waals surface area contributed by atoms with Crippen molar-refractivity contribution in [1.29, 1.82) is 0 Å². The van der Waals surface area contributed by atoms with E-state index in [1.165, 1.54) is 0 Å². The number of carbonyl (C=O) groups excluding carboxylic acids is 1. The summed E-state index contributed by atoms with van der Waals surface area (Å²) in [5.41, 5.74) is 0. The zero-order valence-corrected chi connectivity index (χ0v) is 10.6. The van der Waals surface area contributed by atoms with Gasteiger partial charge in [0.1, 0.15) is 6.04 Å². The van der Waals surface area contributed by atoms with E-state index in [9.17, 15) is 9.59 Å². The maximum atomic E-state index is 11.9. The highest BCUT2D eigenvalue weighted by molar-refractivity contribution is 5.82. The largest absolute Gasteiger partial charge is 0.480 e. The molecule has 5 nitrogen and oxygen atoms in total. The molecule has 1 aliphatic rings. The Labute approximate surface area is 102 Å². The van der Waals surface area contributed by atoms with Gasteiger partial charge < -0.3 is 15.3 Å². The topological polar surface area (TPSA) is 69.6 Å². The van der Waals surface area contributed by atoms with Crippen LogP contribution in [0.4, 0.5) is 4.79 Å². The molecule has 0 aliphatic heterocycles. The summed E-state index contributed by atoms with van der Waals surface area (Å²) in [7, 11) is 1.75. The van der Waals surface area contributed by atoms with Crippen molar-refractivity contribution in [2.45, 2.75) is 57.5 Å². The van der Waals surface area contributed by atoms with Gasteiger partial charge in [0.05, 0.1) is 0 Å². The fourth-order valence-electron chi connectivity index (χ4n) is 2.25. The van der Waals surface area contributed by atoms with Gasteiger partial charge >= 0.3 is 12.0 Å². The Bertz CT molecular complexity index is 275. The zero-order valence-electron chi connectivity index (χ0n) is 10.6. The van der Waals surface area contributed by atoms with Crippen molar-refractivity contribution in [2.75, 3.05) is 7.05 Å². The number of nitrogens with zero attached hydrogens (tertiary/aromatic N) is 1. The second kappa shape index (κ2) is 6.47. The molecule has 1 atom stereocenters. The summed E-state index contributed by atoms with van der Waals surface area (Å²) in [6, 6.07) is -0.764. The van der Waals surface area contributed by atoms with Crippen LogP contribution in [0.2, 0.25) is 0 Å². The van der Waals surface area contributed by atoms with Gasteiger partial charge in [-0.15, -0.1) is 0 Å². The van der Waals surface area contributed by atoms with Gasteiger partial charge in [-0.05, 0) is 19.3 Å². The average molecular weight is 242 g/mol. The molecule has 1 saturated carbocycles. The molecule has 0 radical (unpaired) electrons. The minimum absolute atomic E-state index is 0.266. The molecule has 0 unspecified atom stereocenters. The number of rotatable bonds is 5. The first-order valence-corrected chi connectivity index (χ1v) is 6.32. The number of hydrogen-bond acceptors (Lipinski definition) is 2. The second-order valence-corrected chi connectivity index (χ2v) is 4.68. The number of hydrogen-bond donors (Lipinski definition) is 2. The first kappa shape index (κ1) is 13.8. The van der Waals surface area contributed by atoms with Crippen molar-refractivity contribution in [1.82, 2.24) is 10.2 Å². The normalized spacial score (nSPS) is 17.8. The lowest BCUT2D eigenvalue weighted by Crippen LogP contribution is -2.49. The van der Waals surface area contributed by atoms with Crippen molar-refractivity contribution < 1.29 is 14.7 Å². The first-order chi connectivity index (χ1) is 8.06. The lowest BCUT2D eigenvalue weighted by atomic mass is 10.1. The molecule has 17 heavy (non-hydrogen) atoms. The number of amides is 2. The zero-order chi connectivity index (χ0) is 12.8. The van der Waals surface area contributed by atoms with Crippen LogP contribution in [0.1, 0.15) is 45.4 Å². The molecule has 0 spiro atoms. The van der Waals surface area contributed by atoms with Gasteiger partial charge in [0, 0.05) is 13.1 Å². The maximum Gasteiger partial charge on any atom is 0.326 e. The van der Waals surface area contributed by atoms with Crippen LogP contribution in [0.5, 0.6) is 0 Å². The van der Waals surface area contributed by atoms with Crippen LogP contribution in [-0.2, 0) is 4.79 Å².